The van der Waals surface area contributed by atoms with Crippen molar-refractivity contribution in [3.63, 3.8) is 0 Å². The lowest BCUT2D eigenvalue weighted by molar-refractivity contribution is 0.401. The molecule has 0 saturated heterocycles. The second-order valence-corrected chi connectivity index (χ2v) is 5.23. The van der Waals surface area contributed by atoms with E-state index in [-0.39, 0.29) is 10.9 Å². The van der Waals surface area contributed by atoms with Crippen LogP contribution in [0.5, 0.6) is 0 Å². The lowest BCUT2D eigenvalue weighted by atomic mass is 9.96. The summed E-state index contributed by atoms with van der Waals surface area (Å²) in [5.74, 6) is 0.857. The first-order valence-electron chi connectivity index (χ1n) is 6.14. The van der Waals surface area contributed by atoms with Crippen molar-refractivity contribution >= 4 is 22.7 Å². The first kappa shape index (κ1) is 11.9. The summed E-state index contributed by atoms with van der Waals surface area (Å²) in [4.78, 5) is 4.42. The van der Waals surface area contributed by atoms with Gasteiger partial charge in [0.1, 0.15) is 11.3 Å². The number of aromatic nitrogens is 1. The van der Waals surface area contributed by atoms with Crippen LogP contribution in [-0.2, 0) is 0 Å². The fourth-order valence-electron chi connectivity index (χ4n) is 2.74. The van der Waals surface area contributed by atoms with Gasteiger partial charge in [0.2, 0.25) is 0 Å². The van der Waals surface area contributed by atoms with E-state index in [1.165, 1.54) is 12.1 Å². The Morgan fingerprint density at radius 3 is 3.06 bits per heavy atom. The lowest BCUT2D eigenvalue weighted by Gasteiger charge is -2.13. The van der Waals surface area contributed by atoms with Crippen molar-refractivity contribution < 1.29 is 8.81 Å². The molecule has 1 saturated carbocycles. The van der Waals surface area contributed by atoms with Crippen molar-refractivity contribution in [3.05, 3.63) is 28.9 Å². The van der Waals surface area contributed by atoms with E-state index in [0.29, 0.717) is 29.5 Å². The van der Waals surface area contributed by atoms with E-state index in [0.717, 1.165) is 19.3 Å². The van der Waals surface area contributed by atoms with Gasteiger partial charge in [-0.15, -0.1) is 0 Å². The molecule has 1 aromatic carbocycles. The average Bonchev–Trinajstić information content (AvgIpc) is 2.95. The van der Waals surface area contributed by atoms with Crippen LogP contribution < -0.4 is 5.73 Å². The topological polar surface area (TPSA) is 52.0 Å². The van der Waals surface area contributed by atoms with Crippen LogP contribution in [0.1, 0.15) is 31.1 Å². The van der Waals surface area contributed by atoms with E-state index < -0.39 is 5.82 Å². The summed E-state index contributed by atoms with van der Waals surface area (Å²) < 4.78 is 19.0. The Kier molecular flexibility index (Phi) is 2.99. The van der Waals surface area contributed by atoms with Crippen LogP contribution in [0.4, 0.5) is 4.39 Å². The molecule has 2 N–H and O–H groups in total. The third kappa shape index (κ3) is 1.89. The summed E-state index contributed by atoms with van der Waals surface area (Å²) >= 11 is 5.74. The highest BCUT2D eigenvalue weighted by atomic mass is 35.5. The van der Waals surface area contributed by atoms with E-state index in [4.69, 9.17) is 21.8 Å². The van der Waals surface area contributed by atoms with Crippen LogP contribution in [0.15, 0.2) is 16.5 Å². The number of fused-ring (bicyclic) bond motifs is 1. The minimum Gasteiger partial charge on any atom is -0.440 e. The number of nitrogens with two attached hydrogens (primary N) is 1. The number of benzene rings is 1. The van der Waals surface area contributed by atoms with Gasteiger partial charge >= 0.3 is 0 Å². The minimum atomic E-state index is -0.478. The smallest absolute Gasteiger partial charge is 0.198 e. The quantitative estimate of drug-likeness (QED) is 0.907. The third-order valence-corrected chi connectivity index (χ3v) is 4.02. The Hall–Kier alpha value is -1.13. The molecule has 0 aliphatic heterocycles. The molecule has 96 valence electrons. The van der Waals surface area contributed by atoms with Crippen LogP contribution in [-0.4, -0.2) is 11.5 Å². The molecule has 2 aromatic rings. The Morgan fingerprint density at radius 2 is 2.28 bits per heavy atom. The highest BCUT2D eigenvalue weighted by Gasteiger charge is 2.31. The molecule has 1 heterocycles. The standard InChI is InChI=1S/C13H14ClFN2O/c14-9-4-11-12(5-10(9)15)18-13(17-11)8-3-1-2-7(8)6-16/h4-5,7-8H,1-3,6,16H2. The Labute approximate surface area is 109 Å². The highest BCUT2D eigenvalue weighted by Crippen LogP contribution is 2.39. The maximum Gasteiger partial charge on any atom is 0.198 e. The highest BCUT2D eigenvalue weighted by molar-refractivity contribution is 6.31. The monoisotopic (exact) mass is 268 g/mol. The summed E-state index contributed by atoms with van der Waals surface area (Å²) in [6, 6.07) is 2.80. The molecular formula is C13H14ClFN2O. The minimum absolute atomic E-state index is 0.0733. The summed E-state index contributed by atoms with van der Waals surface area (Å²) in [6.07, 6.45) is 3.28. The molecule has 2 unspecified atom stereocenters. The molecule has 1 aromatic heterocycles. The number of hydrogen-bond acceptors (Lipinski definition) is 3. The predicted molar refractivity (Wildman–Crippen MR) is 68.1 cm³/mol. The van der Waals surface area contributed by atoms with Crippen LogP contribution >= 0.6 is 11.6 Å². The number of rotatable bonds is 2. The van der Waals surface area contributed by atoms with Gasteiger partial charge in [-0.25, -0.2) is 9.37 Å². The van der Waals surface area contributed by atoms with Gasteiger partial charge in [-0.1, -0.05) is 18.0 Å². The fraction of sp³-hybridized carbons (Fsp3) is 0.462. The van der Waals surface area contributed by atoms with Gasteiger partial charge in [-0.05, 0) is 31.4 Å². The van der Waals surface area contributed by atoms with Crippen molar-refractivity contribution in [2.75, 3.05) is 6.54 Å². The third-order valence-electron chi connectivity index (χ3n) is 3.73. The van der Waals surface area contributed by atoms with Gasteiger partial charge < -0.3 is 10.2 Å². The normalized spacial score (nSPS) is 23.9. The van der Waals surface area contributed by atoms with Gasteiger partial charge in [-0.2, -0.15) is 0 Å². The lowest BCUT2D eigenvalue weighted by Crippen LogP contribution is -2.17. The van der Waals surface area contributed by atoms with Crippen molar-refractivity contribution in [2.45, 2.75) is 25.2 Å². The fourth-order valence-corrected chi connectivity index (χ4v) is 2.90. The molecule has 5 heteroatoms. The summed E-state index contributed by atoms with van der Waals surface area (Å²) in [7, 11) is 0. The van der Waals surface area contributed by atoms with Gasteiger partial charge in [0.15, 0.2) is 11.5 Å². The Bertz CT molecular complexity index is 545. The zero-order valence-corrected chi connectivity index (χ0v) is 10.6. The maximum absolute atomic E-state index is 13.3. The molecule has 2 atom stereocenters. The maximum atomic E-state index is 13.3. The van der Waals surface area contributed by atoms with Gasteiger partial charge in [0, 0.05) is 12.0 Å². The summed E-state index contributed by atoms with van der Waals surface area (Å²) in [5.41, 5.74) is 6.82. The van der Waals surface area contributed by atoms with Crippen LogP contribution in [0.25, 0.3) is 11.1 Å². The van der Waals surface area contributed by atoms with Gasteiger partial charge in [-0.3, -0.25) is 0 Å². The van der Waals surface area contributed by atoms with Crippen LogP contribution in [0.3, 0.4) is 0 Å². The van der Waals surface area contributed by atoms with E-state index in [9.17, 15) is 4.39 Å². The first-order chi connectivity index (χ1) is 8.69. The van der Waals surface area contributed by atoms with E-state index in [1.807, 2.05) is 0 Å². The largest absolute Gasteiger partial charge is 0.440 e. The molecule has 1 aliphatic rings. The van der Waals surface area contributed by atoms with Gasteiger partial charge in [0.05, 0.1) is 5.02 Å². The van der Waals surface area contributed by atoms with E-state index in [1.54, 1.807) is 0 Å². The Balaban J connectivity index is 2.03. The Morgan fingerprint density at radius 1 is 1.44 bits per heavy atom. The first-order valence-corrected chi connectivity index (χ1v) is 6.52. The number of oxazole rings is 1. The molecule has 0 amide bonds. The SMILES string of the molecule is NCC1CCCC1c1nc2cc(Cl)c(F)cc2o1. The zero-order valence-electron chi connectivity index (χ0n) is 9.83. The number of halogens is 2. The summed E-state index contributed by atoms with van der Waals surface area (Å²) in [5, 5.41) is 0.0733. The molecule has 18 heavy (non-hydrogen) atoms. The molecule has 0 spiro atoms. The molecule has 1 fully saturated rings. The van der Waals surface area contributed by atoms with Crippen molar-refractivity contribution in [3.8, 4) is 0 Å². The predicted octanol–water partition coefficient (Wildman–Crippen LogP) is 3.46. The summed E-state index contributed by atoms with van der Waals surface area (Å²) in [6.45, 7) is 0.637. The van der Waals surface area contributed by atoms with Crippen molar-refractivity contribution in [1.29, 1.82) is 0 Å². The van der Waals surface area contributed by atoms with Crippen LogP contribution in [0, 0.1) is 11.7 Å². The van der Waals surface area contributed by atoms with Crippen LogP contribution in [0.2, 0.25) is 5.02 Å². The molecule has 0 bridgehead atoms. The second kappa shape index (κ2) is 4.52. The van der Waals surface area contributed by atoms with E-state index in [2.05, 4.69) is 4.98 Å². The molecule has 0 radical (unpaired) electrons. The molecule has 1 aliphatic carbocycles. The second-order valence-electron chi connectivity index (χ2n) is 4.82. The average molecular weight is 269 g/mol. The van der Waals surface area contributed by atoms with Gasteiger partial charge in [0.25, 0.3) is 0 Å². The van der Waals surface area contributed by atoms with Crippen molar-refractivity contribution in [1.82, 2.24) is 4.98 Å². The number of nitrogens with zero attached hydrogens (tertiary/aromatic N) is 1. The molecule has 3 rings (SSSR count). The molecular weight excluding hydrogens is 255 g/mol. The number of hydrogen-bond donors (Lipinski definition) is 1. The van der Waals surface area contributed by atoms with Crippen molar-refractivity contribution in [2.24, 2.45) is 11.7 Å². The zero-order chi connectivity index (χ0) is 12.7. The van der Waals surface area contributed by atoms with E-state index >= 15 is 0 Å². The molecule has 3 nitrogen and oxygen atoms in total.